The molecule has 26 heavy (non-hydrogen) atoms. The highest BCUT2D eigenvalue weighted by atomic mass is 32.1. The van der Waals surface area contributed by atoms with Crippen molar-refractivity contribution < 1.29 is 18.7 Å². The van der Waals surface area contributed by atoms with Gasteiger partial charge in [0.15, 0.2) is 0 Å². The Kier molecular flexibility index (Phi) is 5.89. The molecule has 1 aromatic heterocycles. The Labute approximate surface area is 154 Å². The normalized spacial score (nSPS) is 16.9. The summed E-state index contributed by atoms with van der Waals surface area (Å²) in [5.41, 5.74) is 0.951. The van der Waals surface area contributed by atoms with E-state index >= 15 is 0 Å². The minimum atomic E-state index is -0.412. The molecular weight excluding hydrogens is 359 g/mol. The molecule has 1 aromatic carbocycles. The fourth-order valence-electron chi connectivity index (χ4n) is 2.77. The van der Waals surface area contributed by atoms with Gasteiger partial charge in [-0.15, -0.1) is 10.2 Å². The maximum atomic E-state index is 12.9. The van der Waals surface area contributed by atoms with E-state index in [9.17, 15) is 14.0 Å². The largest absolute Gasteiger partial charge is 0.377 e. The van der Waals surface area contributed by atoms with Gasteiger partial charge < -0.3 is 15.0 Å². The number of carbonyl (C=O) groups excluding carboxylic acids is 2. The molecule has 7 nitrogen and oxygen atoms in total. The number of hydrogen-bond acceptors (Lipinski definition) is 6. The second kappa shape index (κ2) is 8.33. The van der Waals surface area contributed by atoms with Crippen LogP contribution in [0, 0.1) is 11.7 Å². The molecule has 2 amide bonds. The van der Waals surface area contributed by atoms with Crippen LogP contribution in [0.15, 0.2) is 24.3 Å². The molecular formula is C17H19FN4O3S. The number of nitrogens with zero attached hydrogens (tertiary/aromatic N) is 3. The maximum Gasteiger partial charge on any atom is 0.231 e. The zero-order valence-corrected chi connectivity index (χ0v) is 15.1. The first-order valence-electron chi connectivity index (χ1n) is 8.19. The lowest BCUT2D eigenvalue weighted by atomic mass is 10.1. The third-order valence-electron chi connectivity index (χ3n) is 4.13. The van der Waals surface area contributed by atoms with E-state index in [4.69, 9.17) is 4.74 Å². The maximum absolute atomic E-state index is 12.9. The second-order valence-corrected chi connectivity index (χ2v) is 7.10. The van der Waals surface area contributed by atoms with Crippen molar-refractivity contribution in [2.24, 2.45) is 5.92 Å². The van der Waals surface area contributed by atoms with Crippen molar-refractivity contribution in [1.29, 1.82) is 0 Å². The van der Waals surface area contributed by atoms with Crippen LogP contribution in [0.3, 0.4) is 0 Å². The van der Waals surface area contributed by atoms with Crippen LogP contribution in [0.1, 0.15) is 17.0 Å². The molecule has 1 N–H and O–H groups in total. The number of ether oxygens (including phenoxy) is 1. The van der Waals surface area contributed by atoms with E-state index in [1.165, 1.54) is 23.5 Å². The van der Waals surface area contributed by atoms with Gasteiger partial charge in [0, 0.05) is 26.6 Å². The van der Waals surface area contributed by atoms with Crippen LogP contribution in [0.4, 0.5) is 9.52 Å². The quantitative estimate of drug-likeness (QED) is 0.795. The molecule has 2 heterocycles. The fraction of sp³-hybridized carbons (Fsp3) is 0.412. The number of rotatable bonds is 7. The lowest BCUT2D eigenvalue weighted by Gasteiger charge is -2.16. The van der Waals surface area contributed by atoms with Crippen LogP contribution in [-0.2, 0) is 27.4 Å². The van der Waals surface area contributed by atoms with Gasteiger partial charge in [0.25, 0.3) is 0 Å². The van der Waals surface area contributed by atoms with Crippen LogP contribution in [0.25, 0.3) is 0 Å². The summed E-state index contributed by atoms with van der Waals surface area (Å²) in [6.45, 7) is 1.22. The number of hydrogen-bond donors (Lipinski definition) is 1. The molecule has 0 unspecified atom stereocenters. The zero-order valence-electron chi connectivity index (χ0n) is 14.3. The van der Waals surface area contributed by atoms with Gasteiger partial charge in [-0.25, -0.2) is 4.39 Å². The highest BCUT2D eigenvalue weighted by molar-refractivity contribution is 7.15. The van der Waals surface area contributed by atoms with E-state index in [2.05, 4.69) is 15.5 Å². The third kappa shape index (κ3) is 4.61. The SMILES string of the molecule is COCc1nnc(NC(=O)[C@@H]2CC(=O)N(CCc3ccc(F)cc3)C2)s1. The van der Waals surface area contributed by atoms with Gasteiger partial charge in [0.2, 0.25) is 16.9 Å². The molecule has 1 fully saturated rings. The molecule has 1 aliphatic rings. The Bertz CT molecular complexity index is 781. The molecule has 0 saturated carbocycles. The smallest absolute Gasteiger partial charge is 0.231 e. The molecule has 1 aliphatic heterocycles. The standard InChI is InChI=1S/C17H19FN4O3S/c1-25-10-14-20-21-17(26-14)19-16(24)12-8-15(23)22(9-12)7-6-11-2-4-13(18)5-3-11/h2-5,12H,6-10H2,1H3,(H,19,21,24)/t12-/m1/s1. The molecule has 138 valence electrons. The molecule has 0 bridgehead atoms. The Morgan fingerprint density at radius 2 is 2.15 bits per heavy atom. The van der Waals surface area contributed by atoms with Crippen molar-refractivity contribution in [2.45, 2.75) is 19.4 Å². The summed E-state index contributed by atoms with van der Waals surface area (Å²) in [6, 6.07) is 6.20. The van der Waals surface area contributed by atoms with Gasteiger partial charge in [-0.05, 0) is 24.1 Å². The topological polar surface area (TPSA) is 84.4 Å². The number of nitrogens with one attached hydrogen (secondary N) is 1. The molecule has 0 radical (unpaired) electrons. The van der Waals surface area contributed by atoms with Gasteiger partial charge in [-0.2, -0.15) is 0 Å². The van der Waals surface area contributed by atoms with Gasteiger partial charge >= 0.3 is 0 Å². The fourth-order valence-corrected chi connectivity index (χ4v) is 3.49. The number of anilines is 1. The summed E-state index contributed by atoms with van der Waals surface area (Å²) in [5.74, 6) is -0.981. The molecule has 3 rings (SSSR count). The van der Waals surface area contributed by atoms with E-state index < -0.39 is 5.92 Å². The zero-order chi connectivity index (χ0) is 18.5. The van der Waals surface area contributed by atoms with E-state index in [0.717, 1.165) is 5.56 Å². The summed E-state index contributed by atoms with van der Waals surface area (Å²) < 4.78 is 17.9. The number of halogens is 1. The predicted octanol–water partition coefficient (Wildman–Crippen LogP) is 1.85. The first-order chi connectivity index (χ1) is 12.5. The number of amides is 2. The van der Waals surface area contributed by atoms with Crippen LogP contribution in [0.2, 0.25) is 0 Å². The van der Waals surface area contributed by atoms with E-state index in [-0.39, 0.29) is 24.1 Å². The first-order valence-corrected chi connectivity index (χ1v) is 9.01. The summed E-state index contributed by atoms with van der Waals surface area (Å²) in [4.78, 5) is 26.2. The number of benzene rings is 1. The van der Waals surface area contributed by atoms with Crippen molar-refractivity contribution in [3.05, 3.63) is 40.7 Å². The van der Waals surface area contributed by atoms with Crippen LogP contribution < -0.4 is 5.32 Å². The van der Waals surface area contributed by atoms with E-state index in [1.54, 1.807) is 24.1 Å². The Morgan fingerprint density at radius 1 is 1.38 bits per heavy atom. The highest BCUT2D eigenvalue weighted by Gasteiger charge is 2.34. The van der Waals surface area contributed by atoms with Crippen molar-refractivity contribution in [2.75, 3.05) is 25.5 Å². The minimum Gasteiger partial charge on any atom is -0.377 e. The molecule has 0 spiro atoms. The van der Waals surface area contributed by atoms with Crippen LogP contribution in [0.5, 0.6) is 0 Å². The molecule has 1 saturated heterocycles. The summed E-state index contributed by atoms with van der Waals surface area (Å²) in [6.07, 6.45) is 0.802. The van der Waals surface area contributed by atoms with Gasteiger partial charge in [0.1, 0.15) is 17.4 Å². The monoisotopic (exact) mass is 378 g/mol. The number of methoxy groups -OCH3 is 1. The summed E-state index contributed by atoms with van der Waals surface area (Å²) >= 11 is 1.25. The summed E-state index contributed by atoms with van der Waals surface area (Å²) in [7, 11) is 1.56. The Hall–Kier alpha value is -2.39. The Balaban J connectivity index is 1.51. The van der Waals surface area contributed by atoms with Crippen LogP contribution >= 0.6 is 11.3 Å². The van der Waals surface area contributed by atoms with E-state index in [1.807, 2.05) is 0 Å². The lowest BCUT2D eigenvalue weighted by Crippen LogP contribution is -2.30. The van der Waals surface area contributed by atoms with Crippen LogP contribution in [-0.4, -0.2) is 47.1 Å². The number of likely N-dealkylation sites (tertiary alicyclic amines) is 1. The lowest BCUT2D eigenvalue weighted by molar-refractivity contribution is -0.128. The van der Waals surface area contributed by atoms with Crippen molar-refractivity contribution in [3.63, 3.8) is 0 Å². The van der Waals surface area contributed by atoms with Gasteiger partial charge in [0.05, 0.1) is 5.92 Å². The second-order valence-electron chi connectivity index (χ2n) is 6.04. The summed E-state index contributed by atoms with van der Waals surface area (Å²) in [5, 5.41) is 11.6. The molecule has 1 atom stereocenters. The van der Waals surface area contributed by atoms with Crippen molar-refractivity contribution in [1.82, 2.24) is 15.1 Å². The highest BCUT2D eigenvalue weighted by Crippen LogP contribution is 2.22. The average molecular weight is 378 g/mol. The average Bonchev–Trinajstić information content (AvgIpc) is 3.21. The van der Waals surface area contributed by atoms with Gasteiger partial charge in [-0.3, -0.25) is 9.59 Å². The molecule has 2 aromatic rings. The number of aromatic nitrogens is 2. The van der Waals surface area contributed by atoms with Gasteiger partial charge in [-0.1, -0.05) is 23.5 Å². The minimum absolute atomic E-state index is 0.0513. The third-order valence-corrected chi connectivity index (χ3v) is 4.95. The number of carbonyl (C=O) groups is 2. The predicted molar refractivity (Wildman–Crippen MR) is 94.0 cm³/mol. The Morgan fingerprint density at radius 3 is 2.88 bits per heavy atom. The first kappa shape index (κ1) is 18.4. The molecule has 0 aliphatic carbocycles. The van der Waals surface area contributed by atoms with Crippen molar-refractivity contribution >= 4 is 28.3 Å². The van der Waals surface area contributed by atoms with E-state index in [0.29, 0.717) is 36.3 Å². The molecule has 9 heteroatoms. The van der Waals surface area contributed by atoms with Crippen molar-refractivity contribution in [3.8, 4) is 0 Å².